The van der Waals surface area contributed by atoms with E-state index in [0.29, 0.717) is 18.4 Å². The fourth-order valence-electron chi connectivity index (χ4n) is 16.0. The van der Waals surface area contributed by atoms with E-state index in [1.165, 1.54) is 94.8 Å². The minimum Gasteiger partial charge on any atom is -0.508 e. The van der Waals surface area contributed by atoms with Crippen LogP contribution in [-0.4, -0.2) is 257 Å². The lowest BCUT2D eigenvalue weighted by Gasteiger charge is -2.42. The van der Waals surface area contributed by atoms with Crippen LogP contribution in [0, 0.1) is 23.2 Å². The summed E-state index contributed by atoms with van der Waals surface area (Å²) >= 11 is 0. The molecule has 7 amide bonds. The van der Waals surface area contributed by atoms with Crippen molar-refractivity contribution in [2.24, 2.45) is 56.1 Å². The lowest BCUT2D eigenvalue weighted by molar-refractivity contribution is -0.249. The summed E-state index contributed by atoms with van der Waals surface area (Å²) in [6, 6.07) is 1.64. The number of aliphatic carboxylic acids is 1. The average Bonchev–Trinajstić information content (AvgIpc) is 0.886. The topological polar surface area (TPSA) is 596 Å². The number of nitrogens with two attached hydrogens (primary N) is 4. The number of Topliss-reactive ketones (excluding diaryl/α,β-unsaturated/α-hetero) is 3. The second-order valence-corrected chi connectivity index (χ2v) is 36.4. The lowest BCUT2D eigenvalue weighted by atomic mass is 9.72. The van der Waals surface area contributed by atoms with Gasteiger partial charge in [-0.1, -0.05) is 80.5 Å². The monoisotopic (exact) mass is 1730 g/mol. The van der Waals surface area contributed by atoms with Crippen molar-refractivity contribution in [2.75, 3.05) is 52.3 Å². The van der Waals surface area contributed by atoms with E-state index in [4.69, 9.17) is 41.9 Å². The molecule has 664 valence electrons. The molecule has 3 aliphatic heterocycles. The Labute approximate surface area is 708 Å². The van der Waals surface area contributed by atoms with Crippen LogP contribution in [0.25, 0.3) is 0 Å². The zero-order valence-corrected chi connectivity index (χ0v) is 71.3. The van der Waals surface area contributed by atoms with Gasteiger partial charge in [-0.15, -0.1) is 0 Å². The molecule has 20 N–H and O–H groups in total. The van der Waals surface area contributed by atoms with Crippen molar-refractivity contribution >= 4 is 110 Å². The maximum atomic E-state index is 15.0. The Bertz CT molecular complexity index is 4420. The van der Waals surface area contributed by atoms with E-state index in [1.54, 1.807) is 34.6 Å². The number of rotatable bonds is 40. The number of aliphatic imine (C=N–C) groups is 2. The van der Waals surface area contributed by atoms with E-state index in [1.807, 2.05) is 13.8 Å². The first-order valence-corrected chi connectivity index (χ1v) is 42.7. The zero-order valence-electron chi connectivity index (χ0n) is 69.7. The molecular formula is C82H115N13O24S2. The molecule has 3 saturated heterocycles. The SMILES string of the molecule is COc1cccc2c1C(=O)c1c(O)c3c(c(O)c1C2=O)C[C@@](O)(C(=O)CO)C[C@@H]3O[C@H]1C[C@H](NC(=O)OCCSSC(C)(C)[C@H](NC(C)=O)C(=O)N2CCC[C@H]2C(=O)N[C@@H](CC(C)C)C(=O)N2CCC[C@H]2C(=O)N[C@@H](CCCN=C(N)N)C(=O)C[C@H](C(=O)N[C@@H](CCCN=C(N)N)C(=O)C[C@@H](Cc2ccc(O)cc2)C(=O)O)C(C)(C)C)[C@H](O)[C@H](C)O1. The molecule has 5 aliphatic rings. The number of hydrogen-bond acceptors (Lipinski definition) is 27. The van der Waals surface area contributed by atoms with Crippen molar-refractivity contribution in [1.82, 2.24) is 36.4 Å². The summed E-state index contributed by atoms with van der Waals surface area (Å²) in [5.74, 6) is -13.7. The van der Waals surface area contributed by atoms with Crippen LogP contribution in [-0.2, 0) is 75.0 Å². The van der Waals surface area contributed by atoms with Crippen LogP contribution in [0.5, 0.6) is 23.0 Å². The number of benzene rings is 3. The normalized spacial score (nSPS) is 21.6. The molecular weight excluding hydrogens is 1620 g/mol. The minimum absolute atomic E-state index is 0.00158. The van der Waals surface area contributed by atoms with Crippen molar-refractivity contribution in [3.63, 3.8) is 0 Å². The van der Waals surface area contributed by atoms with Gasteiger partial charge >= 0.3 is 12.1 Å². The molecule has 0 bridgehead atoms. The number of aromatic hydroxyl groups is 3. The first-order chi connectivity index (χ1) is 56.9. The molecule has 0 radical (unpaired) electrons. The van der Waals surface area contributed by atoms with Gasteiger partial charge in [0.05, 0.1) is 60.1 Å². The highest BCUT2D eigenvalue weighted by Crippen LogP contribution is 2.53. The number of carbonyl (C=O) groups is 13. The van der Waals surface area contributed by atoms with Crippen LogP contribution in [0.15, 0.2) is 52.4 Å². The Kier molecular flexibility index (Phi) is 33.5. The summed E-state index contributed by atoms with van der Waals surface area (Å²) in [4.78, 5) is 194. The number of amides is 7. The van der Waals surface area contributed by atoms with Crippen molar-refractivity contribution in [3.05, 3.63) is 81.4 Å². The van der Waals surface area contributed by atoms with E-state index in [9.17, 15) is 98.1 Å². The van der Waals surface area contributed by atoms with Crippen LogP contribution in [0.4, 0.5) is 4.79 Å². The lowest BCUT2D eigenvalue weighted by Crippen LogP contribution is -2.61. The molecule has 0 aromatic heterocycles. The molecule has 37 nitrogen and oxygen atoms in total. The third kappa shape index (κ3) is 24.4. The highest BCUT2D eigenvalue weighted by atomic mass is 33.1. The van der Waals surface area contributed by atoms with Gasteiger partial charge in [-0.2, -0.15) is 0 Å². The molecule has 3 heterocycles. The number of carboxylic acids is 1. The predicted molar refractivity (Wildman–Crippen MR) is 443 cm³/mol. The molecule has 2 aliphatic carbocycles. The van der Waals surface area contributed by atoms with Gasteiger partial charge in [0, 0.05) is 98.3 Å². The van der Waals surface area contributed by atoms with Gasteiger partial charge in [-0.25, -0.2) is 4.79 Å². The summed E-state index contributed by atoms with van der Waals surface area (Å²) in [7, 11) is 3.62. The molecule has 0 unspecified atom stereocenters. The fraction of sp³-hybridized carbons (Fsp3) is 0.598. The molecule has 121 heavy (non-hydrogen) atoms. The van der Waals surface area contributed by atoms with Crippen LogP contribution < -0.4 is 54.3 Å². The Balaban J connectivity index is 0.888. The predicted octanol–water partition coefficient (Wildman–Crippen LogP) is 2.25. The Morgan fingerprint density at radius 2 is 1.33 bits per heavy atom. The van der Waals surface area contributed by atoms with Crippen LogP contribution in [0.2, 0.25) is 0 Å². The summed E-state index contributed by atoms with van der Waals surface area (Å²) in [6.45, 7) is 13.8. The Hall–Kier alpha value is -10.2. The summed E-state index contributed by atoms with van der Waals surface area (Å²) < 4.78 is 22.1. The van der Waals surface area contributed by atoms with E-state index in [-0.39, 0.29) is 148 Å². The molecule has 3 aromatic rings. The van der Waals surface area contributed by atoms with Crippen LogP contribution in [0.3, 0.4) is 0 Å². The van der Waals surface area contributed by atoms with Gasteiger partial charge in [0.2, 0.25) is 41.2 Å². The minimum atomic E-state index is -2.46. The standard InChI is InChI=1S/C82H115N13O24S2/c1-40(2)32-52(74(110)94-28-14-19-53(94)72(108)91-50(18-13-27-88-78(85)86)56(100)35-48(80(5,6)7)71(107)90-49(17-12-26-87-77(83)84)55(99)34-44(76(112)113)33-43-22-24-45(98)25-23-43)92-73(109)54-20-15-29-95(54)75(111)70(89-42(4)97)81(8,9)121-120-31-30-117-79(114)93-51-36-60(118-41(3)65(51)102)119-58-38-82(115,59(101)39-96)37-47-62(58)69(106)64-63(67(47)104)66(103)46-16-11-21-57(116-10)61(46)68(64)105/h11,16,21-25,40-41,44,48-54,58,60,65,70,96,98,102,104,106,115H,12-15,17-20,26-39H2,1-10H3,(H,89,97)(H,90,107)(H,91,108)(H,92,109)(H,93,114)(H,112,113)(H4,83,84,87)(H4,85,86,88)/t41-,44+,48+,49-,50-,51-,52-,53-,54-,58-,60-,65+,70+,82-/m0/s1. The third-order valence-corrected chi connectivity index (χ3v) is 25.6. The number of alkyl carbamates (subject to hydrolysis) is 1. The molecule has 39 heteroatoms. The number of phenols is 3. The van der Waals surface area contributed by atoms with E-state index >= 15 is 0 Å². The number of ether oxygens (including phenoxy) is 4. The third-order valence-electron chi connectivity index (χ3n) is 22.3. The molecule has 0 saturated carbocycles. The van der Waals surface area contributed by atoms with Crippen LogP contribution >= 0.6 is 21.6 Å². The number of aliphatic hydroxyl groups is 3. The number of phenolic OH excluding ortho intramolecular Hbond substituents is 3. The number of carboxylic acid groups (broad SMARTS) is 1. The first kappa shape index (κ1) is 96.3. The largest absolute Gasteiger partial charge is 0.508 e. The van der Waals surface area contributed by atoms with Crippen LogP contribution in [0.1, 0.15) is 200 Å². The average molecular weight is 1730 g/mol. The number of likely N-dealkylation sites (tertiary alicyclic amines) is 2. The fourth-order valence-corrected chi connectivity index (χ4v) is 18.4. The smallest absolute Gasteiger partial charge is 0.407 e. The van der Waals surface area contributed by atoms with Crippen molar-refractivity contribution in [3.8, 4) is 23.0 Å². The highest BCUT2D eigenvalue weighted by Gasteiger charge is 2.52. The molecule has 0 spiro atoms. The molecule has 8 rings (SSSR count). The number of fused-ring (bicyclic) bond motifs is 3. The second kappa shape index (κ2) is 42.1. The first-order valence-electron chi connectivity index (χ1n) is 40.3. The number of ketones is 5. The highest BCUT2D eigenvalue weighted by molar-refractivity contribution is 8.77. The number of nitrogens with zero attached hydrogens (tertiary/aromatic N) is 4. The van der Waals surface area contributed by atoms with Gasteiger partial charge in [0.25, 0.3) is 0 Å². The number of aliphatic hydroxyl groups excluding tert-OH is 2. The number of hydrogen-bond donors (Lipinski definition) is 16. The number of guanidine groups is 2. The second-order valence-electron chi connectivity index (χ2n) is 33.3. The van der Waals surface area contributed by atoms with E-state index < -0.39 is 226 Å². The van der Waals surface area contributed by atoms with Crippen molar-refractivity contribution < 1.29 is 117 Å². The van der Waals surface area contributed by atoms with Gasteiger partial charge in [0.1, 0.15) is 72.1 Å². The Morgan fingerprint density at radius 3 is 1.89 bits per heavy atom. The maximum Gasteiger partial charge on any atom is 0.407 e. The molecule has 14 atom stereocenters. The molecule has 3 aromatic carbocycles. The van der Waals surface area contributed by atoms with Gasteiger partial charge in [-0.3, -0.25) is 67.5 Å². The number of carbonyl (C=O) groups excluding carboxylic acids is 12. The number of nitrogens with one attached hydrogen (secondary N) is 5. The summed E-state index contributed by atoms with van der Waals surface area (Å²) in [5, 5.41) is 90.8. The quantitative estimate of drug-likeness (QED) is 0.00998. The van der Waals surface area contributed by atoms with E-state index in [2.05, 4.69) is 36.6 Å². The van der Waals surface area contributed by atoms with Crippen molar-refractivity contribution in [1.29, 1.82) is 0 Å². The van der Waals surface area contributed by atoms with E-state index in [0.717, 1.165) is 0 Å². The summed E-state index contributed by atoms with van der Waals surface area (Å²) in [6.07, 6.45) is -7.74. The van der Waals surface area contributed by atoms with Crippen molar-refractivity contribution in [2.45, 2.75) is 236 Å². The van der Waals surface area contributed by atoms with Gasteiger partial charge in [-0.05, 0) is 120 Å². The zero-order chi connectivity index (χ0) is 89.4. The Morgan fingerprint density at radius 1 is 0.752 bits per heavy atom. The number of methoxy groups -OCH3 is 1. The molecule has 3 fully saturated rings. The van der Waals surface area contributed by atoms with Gasteiger partial charge in [0.15, 0.2) is 41.3 Å². The maximum absolute atomic E-state index is 15.0. The van der Waals surface area contributed by atoms with Gasteiger partial charge < -0.3 is 114 Å². The summed E-state index contributed by atoms with van der Waals surface area (Å²) in [5.41, 5.74) is 17.3.